The topological polar surface area (TPSA) is 25.8 Å². The number of fused-ring (bicyclic) bond motifs is 6. The van der Waals surface area contributed by atoms with Crippen molar-refractivity contribution in [3.63, 3.8) is 0 Å². The van der Waals surface area contributed by atoms with Crippen LogP contribution in [0.2, 0.25) is 0 Å². The van der Waals surface area contributed by atoms with Gasteiger partial charge in [0.15, 0.2) is 0 Å². The van der Waals surface area contributed by atoms with Crippen molar-refractivity contribution in [1.82, 2.24) is 9.97 Å². The molecule has 1 aliphatic carbocycles. The molecule has 190 valence electrons. The first kappa shape index (κ1) is 23.1. The van der Waals surface area contributed by atoms with E-state index in [9.17, 15) is 0 Å². The van der Waals surface area contributed by atoms with Gasteiger partial charge in [-0.25, -0.2) is 4.98 Å². The van der Waals surface area contributed by atoms with E-state index in [1.54, 1.807) is 0 Å². The molecule has 0 saturated heterocycles. The maximum absolute atomic E-state index is 5.25. The Morgan fingerprint density at radius 3 is 1.82 bits per heavy atom. The molecule has 0 radical (unpaired) electrons. The summed E-state index contributed by atoms with van der Waals surface area (Å²) >= 11 is 0. The van der Waals surface area contributed by atoms with E-state index < -0.39 is 0 Å². The molecular weight excluding hydrogens is 484 g/mol. The lowest BCUT2D eigenvalue weighted by Crippen LogP contribution is -1.97. The predicted octanol–water partition coefficient (Wildman–Crippen LogP) is 10.2. The molecule has 0 N–H and O–H groups in total. The van der Waals surface area contributed by atoms with Crippen LogP contribution in [0.25, 0.3) is 77.2 Å². The Labute approximate surface area is 234 Å². The second-order valence-electron chi connectivity index (χ2n) is 11.1. The van der Waals surface area contributed by atoms with Crippen molar-refractivity contribution >= 4 is 32.6 Å². The Bertz CT molecular complexity index is 2160. The molecule has 0 aliphatic heterocycles. The largest absolute Gasteiger partial charge is 0.254 e. The van der Waals surface area contributed by atoms with Gasteiger partial charge in [0, 0.05) is 22.5 Å². The molecule has 0 unspecified atom stereocenters. The number of rotatable bonds is 2. The second-order valence-corrected chi connectivity index (χ2v) is 11.1. The lowest BCUT2D eigenvalue weighted by atomic mass is 9.92. The summed E-state index contributed by atoms with van der Waals surface area (Å²) in [7, 11) is 0. The van der Waals surface area contributed by atoms with Gasteiger partial charge in [-0.05, 0) is 94.1 Å². The van der Waals surface area contributed by atoms with E-state index in [-0.39, 0.29) is 0 Å². The molecular formula is C38H28N2. The summed E-state index contributed by atoms with van der Waals surface area (Å²) < 4.78 is 0. The minimum Gasteiger partial charge on any atom is -0.254 e. The maximum Gasteiger partial charge on any atom is 0.0975 e. The highest BCUT2D eigenvalue weighted by Gasteiger charge is 2.22. The molecule has 40 heavy (non-hydrogen) atoms. The monoisotopic (exact) mass is 512 g/mol. The smallest absolute Gasteiger partial charge is 0.0975 e. The molecule has 0 atom stereocenters. The van der Waals surface area contributed by atoms with Crippen molar-refractivity contribution in [2.45, 2.75) is 27.7 Å². The molecule has 5 aromatic carbocycles. The highest BCUT2D eigenvalue weighted by atomic mass is 14.8. The SMILES string of the molecule is Cc1cnc2c(ccc3c(C)c(C)c(-c4ccc(-c5ccc6c7c(cccc57)-c5ccccc5-6)cc4)nc32)c1C. The van der Waals surface area contributed by atoms with Gasteiger partial charge in [-0.3, -0.25) is 4.98 Å². The van der Waals surface area contributed by atoms with Crippen molar-refractivity contribution < 1.29 is 0 Å². The Balaban J connectivity index is 1.28. The summed E-state index contributed by atoms with van der Waals surface area (Å²) in [6, 6.07) is 33.4. The number of hydrogen-bond acceptors (Lipinski definition) is 2. The number of nitrogens with zero attached hydrogens (tertiary/aromatic N) is 2. The number of aryl methyl sites for hydroxylation is 3. The number of hydrogen-bond donors (Lipinski definition) is 0. The lowest BCUT2D eigenvalue weighted by molar-refractivity contribution is 1.25. The quantitative estimate of drug-likeness (QED) is 0.215. The second kappa shape index (κ2) is 8.34. The number of pyridine rings is 2. The Morgan fingerprint density at radius 1 is 0.450 bits per heavy atom. The van der Waals surface area contributed by atoms with Crippen LogP contribution in [0.3, 0.4) is 0 Å². The molecule has 8 rings (SSSR count). The molecule has 0 fully saturated rings. The third kappa shape index (κ3) is 3.11. The highest BCUT2D eigenvalue weighted by Crippen LogP contribution is 2.49. The molecule has 0 bridgehead atoms. The van der Waals surface area contributed by atoms with Crippen LogP contribution in [-0.4, -0.2) is 9.97 Å². The van der Waals surface area contributed by atoms with Crippen molar-refractivity contribution in [3.8, 4) is 44.6 Å². The summed E-state index contributed by atoms with van der Waals surface area (Å²) in [6.07, 6.45) is 1.97. The zero-order valence-corrected chi connectivity index (χ0v) is 23.1. The van der Waals surface area contributed by atoms with Crippen molar-refractivity contribution in [3.05, 3.63) is 119 Å². The number of benzene rings is 5. The molecule has 0 saturated carbocycles. The summed E-state index contributed by atoms with van der Waals surface area (Å²) in [4.78, 5) is 10.1. The van der Waals surface area contributed by atoms with E-state index in [2.05, 4.69) is 119 Å². The molecule has 2 heteroatoms. The molecule has 1 aliphatic rings. The van der Waals surface area contributed by atoms with Gasteiger partial charge in [-0.2, -0.15) is 0 Å². The number of aromatic nitrogens is 2. The van der Waals surface area contributed by atoms with E-state index in [4.69, 9.17) is 9.97 Å². The molecule has 0 amide bonds. The highest BCUT2D eigenvalue weighted by molar-refractivity contribution is 6.18. The summed E-state index contributed by atoms with van der Waals surface area (Å²) in [5, 5.41) is 5.02. The zero-order valence-electron chi connectivity index (χ0n) is 23.1. The fraction of sp³-hybridized carbons (Fsp3) is 0.105. The van der Waals surface area contributed by atoms with E-state index in [1.807, 2.05) is 6.20 Å². The summed E-state index contributed by atoms with van der Waals surface area (Å²) in [5.41, 5.74) is 16.9. The molecule has 2 heterocycles. The minimum atomic E-state index is 0.981. The van der Waals surface area contributed by atoms with Gasteiger partial charge in [-0.15, -0.1) is 0 Å². The third-order valence-electron chi connectivity index (χ3n) is 9.10. The van der Waals surface area contributed by atoms with Crippen LogP contribution in [0.4, 0.5) is 0 Å². The van der Waals surface area contributed by atoms with Gasteiger partial charge in [-0.1, -0.05) is 91.0 Å². The fourth-order valence-corrected chi connectivity index (χ4v) is 6.62. The van der Waals surface area contributed by atoms with Crippen molar-refractivity contribution in [1.29, 1.82) is 0 Å². The van der Waals surface area contributed by atoms with Crippen LogP contribution in [0.1, 0.15) is 22.3 Å². The Kier molecular flexibility index (Phi) is 4.82. The van der Waals surface area contributed by atoms with Gasteiger partial charge < -0.3 is 0 Å². The van der Waals surface area contributed by atoms with Crippen LogP contribution in [0.5, 0.6) is 0 Å². The molecule has 2 aromatic heterocycles. The summed E-state index contributed by atoms with van der Waals surface area (Å²) in [5.74, 6) is 0. The molecule has 2 nitrogen and oxygen atoms in total. The average molecular weight is 513 g/mol. The van der Waals surface area contributed by atoms with E-state index in [1.165, 1.54) is 77.2 Å². The first-order valence-corrected chi connectivity index (χ1v) is 13.9. The Morgan fingerprint density at radius 2 is 1.07 bits per heavy atom. The van der Waals surface area contributed by atoms with Crippen LogP contribution in [-0.2, 0) is 0 Å². The van der Waals surface area contributed by atoms with Gasteiger partial charge in [0.1, 0.15) is 0 Å². The maximum atomic E-state index is 5.25. The summed E-state index contributed by atoms with van der Waals surface area (Å²) in [6.45, 7) is 8.68. The average Bonchev–Trinajstić information content (AvgIpc) is 3.32. The van der Waals surface area contributed by atoms with Gasteiger partial charge in [0.05, 0.1) is 16.7 Å². The normalized spacial score (nSPS) is 12.0. The Hall–Kier alpha value is -4.82. The van der Waals surface area contributed by atoms with E-state index in [0.29, 0.717) is 0 Å². The van der Waals surface area contributed by atoms with Crippen LogP contribution < -0.4 is 0 Å². The standard InChI is InChI=1S/C38H28N2/c1-21-20-39-37-27(22(21)2)16-17-28-23(3)24(4)36(40-38(28)37)26-14-12-25(13-15-26)29-18-19-34-31-9-6-5-8-30(31)33-11-7-10-32(29)35(33)34/h5-20H,1-4H3. The molecule has 0 spiro atoms. The van der Waals surface area contributed by atoms with Crippen molar-refractivity contribution in [2.75, 3.05) is 0 Å². The van der Waals surface area contributed by atoms with Gasteiger partial charge in [0.25, 0.3) is 0 Å². The van der Waals surface area contributed by atoms with Crippen molar-refractivity contribution in [2.24, 2.45) is 0 Å². The lowest BCUT2D eigenvalue weighted by Gasteiger charge is -2.15. The van der Waals surface area contributed by atoms with E-state index in [0.717, 1.165) is 22.3 Å². The van der Waals surface area contributed by atoms with Crippen LogP contribution >= 0.6 is 0 Å². The van der Waals surface area contributed by atoms with Gasteiger partial charge in [0.2, 0.25) is 0 Å². The fourth-order valence-electron chi connectivity index (χ4n) is 6.62. The molecule has 7 aromatic rings. The van der Waals surface area contributed by atoms with Crippen LogP contribution in [0.15, 0.2) is 97.2 Å². The van der Waals surface area contributed by atoms with E-state index >= 15 is 0 Å². The first-order chi connectivity index (χ1) is 19.5. The first-order valence-electron chi connectivity index (χ1n) is 13.9. The van der Waals surface area contributed by atoms with Gasteiger partial charge >= 0.3 is 0 Å². The zero-order chi connectivity index (χ0) is 27.1. The predicted molar refractivity (Wildman–Crippen MR) is 169 cm³/mol. The minimum absolute atomic E-state index is 0.981. The van der Waals surface area contributed by atoms with Crippen LogP contribution in [0, 0.1) is 27.7 Å². The third-order valence-corrected chi connectivity index (χ3v) is 9.10.